The Morgan fingerprint density at radius 3 is 2.73 bits per heavy atom. The van der Waals surface area contributed by atoms with Gasteiger partial charge >= 0.3 is 0 Å². The van der Waals surface area contributed by atoms with Crippen LogP contribution >= 0.6 is 0 Å². The summed E-state index contributed by atoms with van der Waals surface area (Å²) in [6.45, 7) is 3.29. The van der Waals surface area contributed by atoms with E-state index in [0.29, 0.717) is 12.0 Å². The van der Waals surface area contributed by atoms with Crippen LogP contribution in [0.4, 0.5) is 0 Å². The molecule has 2 heteroatoms. The maximum atomic E-state index is 6.11. The predicted molar refractivity (Wildman–Crippen MR) is 63.1 cm³/mol. The summed E-state index contributed by atoms with van der Waals surface area (Å²) in [5.74, 6) is 6.82. The molecule has 1 saturated heterocycles. The quantitative estimate of drug-likeness (QED) is 0.750. The van der Waals surface area contributed by atoms with Gasteiger partial charge in [0, 0.05) is 6.54 Å². The van der Waals surface area contributed by atoms with Gasteiger partial charge in [0.2, 0.25) is 0 Å². The van der Waals surface area contributed by atoms with E-state index in [4.69, 9.17) is 5.84 Å². The predicted octanol–water partition coefficient (Wildman–Crippen LogP) is 2.72. The molecular formula is C13H20N2. The van der Waals surface area contributed by atoms with Gasteiger partial charge in [-0.25, -0.2) is 5.01 Å². The lowest BCUT2D eigenvalue weighted by atomic mass is 9.84. The number of hydrazine groups is 1. The monoisotopic (exact) mass is 204 g/mol. The molecule has 0 bridgehead atoms. The van der Waals surface area contributed by atoms with Crippen molar-refractivity contribution in [3.63, 3.8) is 0 Å². The number of hydrogen-bond donors (Lipinski definition) is 1. The molecule has 1 aromatic carbocycles. The highest BCUT2D eigenvalue weighted by molar-refractivity contribution is 5.20. The lowest BCUT2D eigenvalue weighted by Gasteiger charge is -2.38. The zero-order chi connectivity index (χ0) is 10.7. The van der Waals surface area contributed by atoms with Gasteiger partial charge < -0.3 is 0 Å². The van der Waals surface area contributed by atoms with Crippen molar-refractivity contribution in [2.75, 3.05) is 6.54 Å². The van der Waals surface area contributed by atoms with E-state index in [2.05, 4.69) is 37.3 Å². The number of nitrogens with two attached hydrogens (primary N) is 1. The van der Waals surface area contributed by atoms with Gasteiger partial charge in [-0.3, -0.25) is 5.84 Å². The van der Waals surface area contributed by atoms with Gasteiger partial charge in [-0.15, -0.1) is 0 Å². The molecule has 15 heavy (non-hydrogen) atoms. The Hall–Kier alpha value is -0.860. The van der Waals surface area contributed by atoms with Crippen LogP contribution in [0.25, 0.3) is 0 Å². The summed E-state index contributed by atoms with van der Waals surface area (Å²) in [4.78, 5) is 0. The summed E-state index contributed by atoms with van der Waals surface area (Å²) in [5, 5.41) is 2.02. The molecular weight excluding hydrogens is 184 g/mol. The van der Waals surface area contributed by atoms with E-state index in [1.165, 1.54) is 24.8 Å². The molecule has 1 heterocycles. The summed E-state index contributed by atoms with van der Waals surface area (Å²) < 4.78 is 0. The largest absolute Gasteiger partial charge is 0.268 e. The van der Waals surface area contributed by atoms with Gasteiger partial charge in [0.15, 0.2) is 0 Å². The molecule has 1 aromatic rings. The van der Waals surface area contributed by atoms with Gasteiger partial charge in [0.05, 0.1) is 6.04 Å². The second-order valence-corrected chi connectivity index (χ2v) is 4.40. The third-order valence-corrected chi connectivity index (χ3v) is 3.46. The third kappa shape index (κ3) is 2.21. The Labute approximate surface area is 92.1 Å². The molecule has 0 aliphatic carbocycles. The molecule has 82 valence electrons. The van der Waals surface area contributed by atoms with Crippen molar-refractivity contribution >= 4 is 0 Å². The third-order valence-electron chi connectivity index (χ3n) is 3.46. The highest BCUT2D eigenvalue weighted by Gasteiger charge is 2.29. The minimum absolute atomic E-state index is 0.421. The first-order chi connectivity index (χ1) is 7.33. The number of benzene rings is 1. The molecule has 2 nitrogen and oxygen atoms in total. The number of rotatable bonds is 2. The van der Waals surface area contributed by atoms with Crippen molar-refractivity contribution < 1.29 is 0 Å². The zero-order valence-corrected chi connectivity index (χ0v) is 9.39. The molecule has 0 amide bonds. The Morgan fingerprint density at radius 2 is 2.07 bits per heavy atom. The molecule has 1 fully saturated rings. The molecule has 2 atom stereocenters. The number of piperidine rings is 1. The van der Waals surface area contributed by atoms with Gasteiger partial charge in [-0.1, -0.05) is 43.7 Å². The van der Waals surface area contributed by atoms with Crippen LogP contribution in [0.2, 0.25) is 0 Å². The summed E-state index contributed by atoms with van der Waals surface area (Å²) >= 11 is 0. The molecule has 1 aliphatic heterocycles. The lowest BCUT2D eigenvalue weighted by molar-refractivity contribution is 0.0905. The minimum atomic E-state index is 0.421. The van der Waals surface area contributed by atoms with E-state index in [9.17, 15) is 0 Å². The highest BCUT2D eigenvalue weighted by Crippen LogP contribution is 2.35. The summed E-state index contributed by atoms with van der Waals surface area (Å²) in [6.07, 6.45) is 3.76. The van der Waals surface area contributed by atoms with E-state index in [-0.39, 0.29) is 0 Å². The van der Waals surface area contributed by atoms with Crippen LogP contribution in [0, 0.1) is 5.92 Å². The molecule has 0 saturated carbocycles. The van der Waals surface area contributed by atoms with Crippen LogP contribution in [0.3, 0.4) is 0 Å². The van der Waals surface area contributed by atoms with E-state index >= 15 is 0 Å². The van der Waals surface area contributed by atoms with Crippen LogP contribution in [0.5, 0.6) is 0 Å². The topological polar surface area (TPSA) is 29.3 Å². The van der Waals surface area contributed by atoms with Crippen LogP contribution < -0.4 is 5.84 Å². The molecule has 2 rings (SSSR count). The van der Waals surface area contributed by atoms with Crippen LogP contribution in [0.1, 0.15) is 37.8 Å². The van der Waals surface area contributed by atoms with Crippen molar-refractivity contribution in [2.45, 2.75) is 32.2 Å². The molecule has 2 N–H and O–H groups in total. The highest BCUT2D eigenvalue weighted by atomic mass is 15.4. The van der Waals surface area contributed by atoms with E-state index < -0.39 is 0 Å². The normalized spacial score (nSPS) is 27.9. The first kappa shape index (κ1) is 10.7. The minimum Gasteiger partial charge on any atom is -0.268 e. The maximum absolute atomic E-state index is 6.11. The first-order valence-corrected chi connectivity index (χ1v) is 5.89. The fourth-order valence-corrected chi connectivity index (χ4v) is 2.65. The molecule has 1 aliphatic rings. The van der Waals surface area contributed by atoms with E-state index in [1.54, 1.807) is 0 Å². The standard InChI is InChI=1S/C13H20N2/c1-2-11-9-6-10-15(14)13(11)12-7-4-3-5-8-12/h3-5,7-8,11,13H,2,6,9-10,14H2,1H3/t11-,13+/m0/s1. The van der Waals surface area contributed by atoms with Crippen LogP contribution in [-0.2, 0) is 0 Å². The molecule has 0 unspecified atom stereocenters. The Bertz CT molecular complexity index is 297. The van der Waals surface area contributed by atoms with E-state index in [0.717, 1.165) is 6.54 Å². The summed E-state index contributed by atoms with van der Waals surface area (Å²) in [5.41, 5.74) is 1.37. The fraction of sp³-hybridized carbons (Fsp3) is 0.538. The van der Waals surface area contributed by atoms with Gasteiger partial charge in [0.1, 0.15) is 0 Å². The molecule has 0 aromatic heterocycles. The van der Waals surface area contributed by atoms with E-state index in [1.807, 2.05) is 5.01 Å². The average Bonchev–Trinajstić information content (AvgIpc) is 2.29. The number of hydrogen-bond acceptors (Lipinski definition) is 2. The van der Waals surface area contributed by atoms with Crippen molar-refractivity contribution in [1.82, 2.24) is 5.01 Å². The second kappa shape index (κ2) is 4.77. The summed E-state index contributed by atoms with van der Waals surface area (Å²) in [7, 11) is 0. The number of nitrogens with zero attached hydrogens (tertiary/aromatic N) is 1. The average molecular weight is 204 g/mol. The fourth-order valence-electron chi connectivity index (χ4n) is 2.65. The smallest absolute Gasteiger partial charge is 0.0518 e. The van der Waals surface area contributed by atoms with Gasteiger partial charge in [-0.05, 0) is 24.3 Å². The SMILES string of the molecule is CC[C@H]1CCCN(N)[C@H]1c1ccccc1. The lowest BCUT2D eigenvalue weighted by Crippen LogP contribution is -2.43. The Kier molecular flexibility index (Phi) is 3.39. The maximum Gasteiger partial charge on any atom is 0.0518 e. The van der Waals surface area contributed by atoms with Crippen LogP contribution in [0.15, 0.2) is 30.3 Å². The van der Waals surface area contributed by atoms with Crippen LogP contribution in [-0.4, -0.2) is 11.6 Å². The van der Waals surface area contributed by atoms with Crippen molar-refractivity contribution in [3.8, 4) is 0 Å². The van der Waals surface area contributed by atoms with Gasteiger partial charge in [-0.2, -0.15) is 0 Å². The van der Waals surface area contributed by atoms with Gasteiger partial charge in [0.25, 0.3) is 0 Å². The second-order valence-electron chi connectivity index (χ2n) is 4.40. The Morgan fingerprint density at radius 1 is 1.33 bits per heavy atom. The van der Waals surface area contributed by atoms with Crippen molar-refractivity contribution in [2.24, 2.45) is 11.8 Å². The van der Waals surface area contributed by atoms with Crippen molar-refractivity contribution in [3.05, 3.63) is 35.9 Å². The molecule has 0 radical (unpaired) electrons. The van der Waals surface area contributed by atoms with Crippen molar-refractivity contribution in [1.29, 1.82) is 0 Å². The first-order valence-electron chi connectivity index (χ1n) is 5.89. The zero-order valence-electron chi connectivity index (χ0n) is 9.39. The summed E-state index contributed by atoms with van der Waals surface area (Å²) in [6, 6.07) is 11.1. The Balaban J connectivity index is 2.23. The molecule has 0 spiro atoms.